The first-order chi connectivity index (χ1) is 4.47. The van der Waals surface area contributed by atoms with Crippen molar-refractivity contribution in [3.63, 3.8) is 0 Å². The molecule has 0 saturated carbocycles. The van der Waals surface area contributed by atoms with Gasteiger partial charge in [-0.05, 0) is 0 Å². The molecule has 0 spiro atoms. The summed E-state index contributed by atoms with van der Waals surface area (Å²) in [7, 11) is 0. The van der Waals surface area contributed by atoms with Crippen LogP contribution < -0.4 is 0 Å². The number of rotatable bonds is 0. The van der Waals surface area contributed by atoms with E-state index in [0.717, 1.165) is 5.52 Å². The minimum Gasteiger partial charge on any atom is -0.445 e. The van der Waals surface area contributed by atoms with E-state index in [0.29, 0.717) is 5.71 Å². The molecule has 0 aliphatic rings. The molecule has 1 radical (unpaired) electrons. The van der Waals surface area contributed by atoms with Gasteiger partial charge in [0, 0.05) is 6.07 Å². The Labute approximate surface area is 51.3 Å². The third-order valence-electron chi connectivity index (χ3n) is 1.05. The van der Waals surface area contributed by atoms with Gasteiger partial charge in [-0.1, -0.05) is 0 Å². The topological polar surface area (TPSA) is 38.9 Å². The van der Waals surface area contributed by atoms with E-state index in [-0.39, 0.29) is 0 Å². The van der Waals surface area contributed by atoms with Crippen LogP contribution in [0.4, 0.5) is 0 Å². The van der Waals surface area contributed by atoms with Crippen LogP contribution in [0.25, 0.3) is 11.2 Å². The number of furan rings is 1. The standard InChI is InChI=1S/C6H3N2O/c1-4-9-6-5(1)7-2-3-8-6/h1,3-4H. The minimum atomic E-state index is 0.564. The van der Waals surface area contributed by atoms with Gasteiger partial charge in [-0.15, -0.1) is 0 Å². The molecule has 0 aromatic carbocycles. The van der Waals surface area contributed by atoms with Crippen LogP contribution in [0.1, 0.15) is 0 Å². The zero-order chi connectivity index (χ0) is 6.10. The molecule has 2 rings (SSSR count). The number of hydrogen-bond donors (Lipinski definition) is 0. The Hall–Kier alpha value is -1.38. The Morgan fingerprint density at radius 3 is 3.44 bits per heavy atom. The fourth-order valence-corrected chi connectivity index (χ4v) is 0.662. The molecular formula is C6H3N2O. The van der Waals surface area contributed by atoms with E-state index in [4.69, 9.17) is 4.42 Å². The number of nitrogens with zero attached hydrogens (tertiary/aromatic N) is 2. The van der Waals surface area contributed by atoms with Gasteiger partial charge in [0.25, 0.3) is 0 Å². The van der Waals surface area contributed by atoms with Crippen molar-refractivity contribution >= 4 is 11.2 Å². The summed E-state index contributed by atoms with van der Waals surface area (Å²) in [5.41, 5.74) is 1.31. The molecule has 0 fully saturated rings. The smallest absolute Gasteiger partial charge is 0.245 e. The van der Waals surface area contributed by atoms with Crippen LogP contribution in [0.5, 0.6) is 0 Å². The molecule has 2 heterocycles. The average molecular weight is 119 g/mol. The van der Waals surface area contributed by atoms with Gasteiger partial charge in [0.15, 0.2) is 0 Å². The van der Waals surface area contributed by atoms with Crippen molar-refractivity contribution < 1.29 is 4.42 Å². The molecule has 3 heteroatoms. The van der Waals surface area contributed by atoms with Crippen LogP contribution in [-0.4, -0.2) is 9.97 Å². The Kier molecular flexibility index (Phi) is 0.773. The normalized spacial score (nSPS) is 10.2. The van der Waals surface area contributed by atoms with Crippen LogP contribution in [0.15, 0.2) is 22.9 Å². The maximum atomic E-state index is 4.92. The zero-order valence-corrected chi connectivity index (χ0v) is 4.53. The highest BCUT2D eigenvalue weighted by Crippen LogP contribution is 2.05. The Balaban J connectivity index is 2.95. The van der Waals surface area contributed by atoms with E-state index in [2.05, 4.69) is 16.2 Å². The lowest BCUT2D eigenvalue weighted by atomic mass is 10.5. The first-order valence-electron chi connectivity index (χ1n) is 2.53. The molecule has 0 N–H and O–H groups in total. The van der Waals surface area contributed by atoms with Crippen molar-refractivity contribution in [2.24, 2.45) is 0 Å². The lowest BCUT2D eigenvalue weighted by Crippen LogP contribution is -1.74. The van der Waals surface area contributed by atoms with Crippen molar-refractivity contribution in [1.29, 1.82) is 0 Å². The van der Waals surface area contributed by atoms with Gasteiger partial charge in [-0.25, -0.2) is 9.97 Å². The number of aromatic nitrogens is 2. The highest BCUT2D eigenvalue weighted by Gasteiger charge is 1.93. The summed E-state index contributed by atoms with van der Waals surface area (Å²) < 4.78 is 4.92. The third kappa shape index (κ3) is 0.579. The molecule has 0 saturated heterocycles. The van der Waals surface area contributed by atoms with Gasteiger partial charge in [0.05, 0.1) is 12.5 Å². The van der Waals surface area contributed by atoms with Gasteiger partial charge in [0.2, 0.25) is 5.71 Å². The van der Waals surface area contributed by atoms with Crippen molar-refractivity contribution in [3.8, 4) is 0 Å². The Morgan fingerprint density at radius 2 is 2.56 bits per heavy atom. The summed E-state index contributed by atoms with van der Waals surface area (Å²) in [6.45, 7) is 0. The summed E-state index contributed by atoms with van der Waals surface area (Å²) in [4.78, 5) is 7.72. The highest BCUT2D eigenvalue weighted by molar-refractivity contribution is 5.66. The summed E-state index contributed by atoms with van der Waals surface area (Å²) >= 11 is 0. The van der Waals surface area contributed by atoms with Gasteiger partial charge in [-0.2, -0.15) is 0 Å². The van der Waals surface area contributed by atoms with Gasteiger partial charge >= 0.3 is 0 Å². The summed E-state index contributed by atoms with van der Waals surface area (Å²) in [6.07, 6.45) is 5.63. The zero-order valence-electron chi connectivity index (χ0n) is 4.53. The van der Waals surface area contributed by atoms with E-state index >= 15 is 0 Å². The maximum absolute atomic E-state index is 4.92. The molecule has 3 nitrogen and oxygen atoms in total. The maximum Gasteiger partial charge on any atom is 0.245 e. The van der Waals surface area contributed by atoms with Crippen LogP contribution in [0.3, 0.4) is 0 Å². The molecular weight excluding hydrogens is 116 g/mol. The number of hydrogen-bond acceptors (Lipinski definition) is 3. The lowest BCUT2D eigenvalue weighted by molar-refractivity contribution is 0.602. The molecule has 0 aliphatic heterocycles. The Bertz CT molecular complexity index is 285. The van der Waals surface area contributed by atoms with E-state index in [1.165, 1.54) is 6.20 Å². The molecule has 0 atom stereocenters. The molecule has 2 aromatic heterocycles. The van der Waals surface area contributed by atoms with Crippen LogP contribution in [0.2, 0.25) is 0 Å². The molecule has 0 amide bonds. The van der Waals surface area contributed by atoms with Crippen molar-refractivity contribution in [2.75, 3.05) is 0 Å². The van der Waals surface area contributed by atoms with Crippen molar-refractivity contribution in [3.05, 3.63) is 24.7 Å². The molecule has 0 unspecified atom stereocenters. The number of fused-ring (bicyclic) bond motifs is 1. The monoisotopic (exact) mass is 119 g/mol. The average Bonchev–Trinajstić information content (AvgIpc) is 2.33. The second kappa shape index (κ2) is 1.55. The van der Waals surface area contributed by atoms with Crippen LogP contribution >= 0.6 is 0 Å². The Morgan fingerprint density at radius 1 is 1.56 bits per heavy atom. The molecule has 9 heavy (non-hydrogen) atoms. The van der Waals surface area contributed by atoms with Crippen LogP contribution in [0, 0.1) is 6.20 Å². The van der Waals surface area contributed by atoms with Crippen molar-refractivity contribution in [1.82, 2.24) is 9.97 Å². The summed E-state index contributed by atoms with van der Waals surface area (Å²) in [5, 5.41) is 0. The molecule has 0 aliphatic carbocycles. The first-order valence-corrected chi connectivity index (χ1v) is 2.53. The summed E-state index contributed by atoms with van der Waals surface area (Å²) in [5.74, 6) is 0. The second-order valence-corrected chi connectivity index (χ2v) is 1.61. The van der Waals surface area contributed by atoms with E-state index in [1.807, 2.05) is 0 Å². The second-order valence-electron chi connectivity index (χ2n) is 1.61. The van der Waals surface area contributed by atoms with Gasteiger partial charge < -0.3 is 4.42 Å². The largest absolute Gasteiger partial charge is 0.445 e. The first kappa shape index (κ1) is 4.49. The quantitative estimate of drug-likeness (QED) is 0.519. The van der Waals surface area contributed by atoms with E-state index < -0.39 is 0 Å². The highest BCUT2D eigenvalue weighted by atomic mass is 16.3. The minimum absolute atomic E-state index is 0.564. The predicted molar refractivity (Wildman–Crippen MR) is 30.6 cm³/mol. The van der Waals surface area contributed by atoms with Crippen LogP contribution in [-0.2, 0) is 0 Å². The fraction of sp³-hybridized carbons (Fsp3) is 0. The predicted octanol–water partition coefficient (Wildman–Crippen LogP) is 1.02. The van der Waals surface area contributed by atoms with E-state index in [9.17, 15) is 0 Å². The fourth-order valence-electron chi connectivity index (χ4n) is 0.662. The molecule has 2 aromatic rings. The van der Waals surface area contributed by atoms with Gasteiger partial charge in [-0.3, -0.25) is 0 Å². The molecule has 0 bridgehead atoms. The lowest BCUT2D eigenvalue weighted by Gasteiger charge is -1.79. The van der Waals surface area contributed by atoms with Gasteiger partial charge in [0.1, 0.15) is 11.7 Å². The summed E-state index contributed by atoms with van der Waals surface area (Å²) in [6, 6.07) is 1.75. The molecule has 43 valence electrons. The SMILES string of the molecule is [c]1cnc2occc2n1. The van der Waals surface area contributed by atoms with E-state index in [1.54, 1.807) is 12.3 Å². The third-order valence-corrected chi connectivity index (χ3v) is 1.05. The van der Waals surface area contributed by atoms with Crippen molar-refractivity contribution in [2.45, 2.75) is 0 Å².